The van der Waals surface area contributed by atoms with E-state index in [2.05, 4.69) is 39.5 Å². The number of hydrogen-bond acceptors (Lipinski definition) is 2. The third-order valence-corrected chi connectivity index (χ3v) is 4.68. The monoisotopic (exact) mass is 254 g/mol. The minimum absolute atomic E-state index is 0.713. The van der Waals surface area contributed by atoms with Crippen LogP contribution in [-0.2, 0) is 0 Å². The maximum absolute atomic E-state index is 5.91. The third-order valence-electron chi connectivity index (χ3n) is 4.68. The first-order chi connectivity index (χ1) is 8.43. The molecule has 0 bridgehead atoms. The first kappa shape index (κ1) is 16.0. The fourth-order valence-electron chi connectivity index (χ4n) is 3.47. The lowest BCUT2D eigenvalue weighted by molar-refractivity contribution is 0.0734. The summed E-state index contributed by atoms with van der Waals surface area (Å²) in [5.74, 6) is 3.19. The highest BCUT2D eigenvalue weighted by Gasteiger charge is 2.28. The zero-order valence-electron chi connectivity index (χ0n) is 13.2. The highest BCUT2D eigenvalue weighted by atomic mass is 15.2. The number of hydrogen-bond donors (Lipinski definition) is 1. The fraction of sp³-hybridized carbons (Fsp3) is 1.00. The largest absolute Gasteiger partial charge is 0.330 e. The van der Waals surface area contributed by atoms with E-state index >= 15 is 0 Å². The zero-order valence-corrected chi connectivity index (χ0v) is 13.2. The van der Waals surface area contributed by atoms with Gasteiger partial charge in [0, 0.05) is 12.6 Å². The van der Waals surface area contributed by atoms with E-state index in [0.717, 1.165) is 30.3 Å². The van der Waals surface area contributed by atoms with Crippen molar-refractivity contribution < 1.29 is 0 Å². The van der Waals surface area contributed by atoms with Crippen molar-refractivity contribution >= 4 is 0 Å². The molecule has 0 aromatic heterocycles. The number of nitrogens with two attached hydrogens (primary N) is 1. The molecule has 0 amide bonds. The minimum atomic E-state index is 0.713. The SMILES string of the molecule is CC(C)CC(CN)CCN1CC(C)CC(C)C1C. The van der Waals surface area contributed by atoms with E-state index in [1.807, 2.05) is 0 Å². The van der Waals surface area contributed by atoms with Crippen molar-refractivity contribution in [2.45, 2.75) is 59.9 Å². The van der Waals surface area contributed by atoms with Crippen LogP contribution in [0.3, 0.4) is 0 Å². The van der Waals surface area contributed by atoms with Crippen LogP contribution in [0.4, 0.5) is 0 Å². The second kappa shape index (κ2) is 7.49. The molecule has 1 saturated heterocycles. The molecule has 0 saturated carbocycles. The number of likely N-dealkylation sites (tertiary alicyclic amines) is 1. The minimum Gasteiger partial charge on any atom is -0.330 e. The van der Waals surface area contributed by atoms with Gasteiger partial charge >= 0.3 is 0 Å². The van der Waals surface area contributed by atoms with Gasteiger partial charge in [-0.3, -0.25) is 0 Å². The predicted octanol–water partition coefficient (Wildman–Crippen LogP) is 3.36. The summed E-state index contributed by atoms with van der Waals surface area (Å²) in [6.07, 6.45) is 3.95. The smallest absolute Gasteiger partial charge is 0.00927 e. The summed E-state index contributed by atoms with van der Waals surface area (Å²) in [5.41, 5.74) is 5.91. The quantitative estimate of drug-likeness (QED) is 0.787. The van der Waals surface area contributed by atoms with Gasteiger partial charge in [-0.15, -0.1) is 0 Å². The Kier molecular flexibility index (Phi) is 6.65. The molecule has 1 aliphatic rings. The van der Waals surface area contributed by atoms with Crippen molar-refractivity contribution in [3.05, 3.63) is 0 Å². The second-order valence-electron chi connectivity index (χ2n) is 7.07. The summed E-state index contributed by atoms with van der Waals surface area (Å²) in [6, 6.07) is 0.749. The lowest BCUT2D eigenvalue weighted by Crippen LogP contribution is -2.46. The van der Waals surface area contributed by atoms with E-state index in [1.165, 1.54) is 32.4 Å². The number of nitrogens with zero attached hydrogens (tertiary/aromatic N) is 1. The first-order valence-corrected chi connectivity index (χ1v) is 7.88. The zero-order chi connectivity index (χ0) is 13.7. The molecule has 4 atom stereocenters. The molecule has 4 unspecified atom stereocenters. The normalized spacial score (nSPS) is 31.8. The molecule has 1 fully saturated rings. The Morgan fingerprint density at radius 1 is 1.22 bits per heavy atom. The molecular weight excluding hydrogens is 220 g/mol. The van der Waals surface area contributed by atoms with Crippen LogP contribution in [0, 0.1) is 23.7 Å². The van der Waals surface area contributed by atoms with Crippen molar-refractivity contribution in [3.8, 4) is 0 Å². The van der Waals surface area contributed by atoms with Gasteiger partial charge < -0.3 is 10.6 Å². The van der Waals surface area contributed by atoms with E-state index < -0.39 is 0 Å². The van der Waals surface area contributed by atoms with Gasteiger partial charge in [-0.2, -0.15) is 0 Å². The molecule has 1 rings (SSSR count). The summed E-state index contributed by atoms with van der Waals surface area (Å²) in [7, 11) is 0. The summed E-state index contributed by atoms with van der Waals surface area (Å²) in [4.78, 5) is 2.70. The molecule has 108 valence electrons. The van der Waals surface area contributed by atoms with E-state index in [-0.39, 0.29) is 0 Å². The summed E-state index contributed by atoms with van der Waals surface area (Å²) in [5, 5.41) is 0. The van der Waals surface area contributed by atoms with E-state index in [0.29, 0.717) is 5.92 Å². The van der Waals surface area contributed by atoms with Gasteiger partial charge in [-0.25, -0.2) is 0 Å². The lowest BCUT2D eigenvalue weighted by Gasteiger charge is -2.41. The molecule has 18 heavy (non-hydrogen) atoms. The Bertz CT molecular complexity index is 227. The topological polar surface area (TPSA) is 29.3 Å². The summed E-state index contributed by atoms with van der Waals surface area (Å²) >= 11 is 0. The second-order valence-corrected chi connectivity index (χ2v) is 7.07. The molecule has 0 radical (unpaired) electrons. The molecule has 2 heteroatoms. The first-order valence-electron chi connectivity index (χ1n) is 7.88. The van der Waals surface area contributed by atoms with Crippen molar-refractivity contribution in [3.63, 3.8) is 0 Å². The number of piperidine rings is 1. The van der Waals surface area contributed by atoms with Crippen LogP contribution in [0.25, 0.3) is 0 Å². The van der Waals surface area contributed by atoms with Crippen LogP contribution < -0.4 is 5.73 Å². The van der Waals surface area contributed by atoms with Crippen molar-refractivity contribution in [2.24, 2.45) is 29.4 Å². The standard InChI is InChI=1S/C16H34N2/c1-12(2)8-16(10-17)6-7-18-11-13(3)9-14(4)15(18)5/h12-16H,6-11,17H2,1-5H3. The number of rotatable bonds is 6. The van der Waals surface area contributed by atoms with E-state index in [1.54, 1.807) is 0 Å². The Hall–Kier alpha value is -0.0800. The summed E-state index contributed by atoms with van der Waals surface area (Å²) in [6.45, 7) is 15.2. The Balaban J connectivity index is 2.40. The van der Waals surface area contributed by atoms with Gasteiger partial charge in [-0.05, 0) is 62.9 Å². The van der Waals surface area contributed by atoms with Crippen LogP contribution in [-0.4, -0.2) is 30.6 Å². The molecule has 0 aromatic carbocycles. The van der Waals surface area contributed by atoms with Gasteiger partial charge in [0.15, 0.2) is 0 Å². The van der Waals surface area contributed by atoms with Crippen LogP contribution in [0.15, 0.2) is 0 Å². The Morgan fingerprint density at radius 3 is 2.44 bits per heavy atom. The van der Waals surface area contributed by atoms with Crippen LogP contribution in [0.5, 0.6) is 0 Å². The molecule has 2 N–H and O–H groups in total. The van der Waals surface area contributed by atoms with Gasteiger partial charge in [0.1, 0.15) is 0 Å². The fourth-order valence-corrected chi connectivity index (χ4v) is 3.47. The van der Waals surface area contributed by atoms with Crippen LogP contribution >= 0.6 is 0 Å². The van der Waals surface area contributed by atoms with Gasteiger partial charge in [0.05, 0.1) is 0 Å². The molecular formula is C16H34N2. The highest BCUT2D eigenvalue weighted by molar-refractivity contribution is 4.82. The molecule has 0 aliphatic carbocycles. The maximum Gasteiger partial charge on any atom is 0.00927 e. The lowest BCUT2D eigenvalue weighted by atomic mass is 9.85. The van der Waals surface area contributed by atoms with Crippen LogP contribution in [0.2, 0.25) is 0 Å². The summed E-state index contributed by atoms with van der Waals surface area (Å²) < 4.78 is 0. The van der Waals surface area contributed by atoms with E-state index in [4.69, 9.17) is 5.73 Å². The molecule has 2 nitrogen and oxygen atoms in total. The molecule has 0 aromatic rings. The Morgan fingerprint density at radius 2 is 1.89 bits per heavy atom. The predicted molar refractivity (Wildman–Crippen MR) is 80.6 cm³/mol. The maximum atomic E-state index is 5.91. The third kappa shape index (κ3) is 4.89. The van der Waals surface area contributed by atoms with Crippen molar-refractivity contribution in [1.29, 1.82) is 0 Å². The van der Waals surface area contributed by atoms with E-state index in [9.17, 15) is 0 Å². The molecule has 1 aliphatic heterocycles. The van der Waals surface area contributed by atoms with Crippen molar-refractivity contribution in [2.75, 3.05) is 19.6 Å². The van der Waals surface area contributed by atoms with Gasteiger partial charge in [0.2, 0.25) is 0 Å². The average Bonchev–Trinajstić information content (AvgIpc) is 2.29. The molecule has 0 spiro atoms. The van der Waals surface area contributed by atoms with Gasteiger partial charge in [0.25, 0.3) is 0 Å². The van der Waals surface area contributed by atoms with Crippen molar-refractivity contribution in [1.82, 2.24) is 4.90 Å². The average molecular weight is 254 g/mol. The van der Waals surface area contributed by atoms with Gasteiger partial charge in [-0.1, -0.05) is 27.7 Å². The molecule has 1 heterocycles. The highest BCUT2D eigenvalue weighted by Crippen LogP contribution is 2.27. The Labute approximate surface area is 114 Å². The van der Waals surface area contributed by atoms with Crippen LogP contribution in [0.1, 0.15) is 53.9 Å².